The van der Waals surface area contributed by atoms with E-state index in [1.165, 1.54) is 0 Å². The van der Waals surface area contributed by atoms with Crippen molar-refractivity contribution in [3.05, 3.63) is 5.82 Å². The van der Waals surface area contributed by atoms with Gasteiger partial charge in [0.2, 0.25) is 0 Å². The second-order valence-corrected chi connectivity index (χ2v) is 2.50. The lowest BCUT2D eigenvalue weighted by Gasteiger charge is -2.03. The van der Waals surface area contributed by atoms with Crippen molar-refractivity contribution < 1.29 is 4.74 Å². The van der Waals surface area contributed by atoms with E-state index in [1.807, 2.05) is 13.8 Å². The highest BCUT2D eigenvalue weighted by Gasteiger charge is 1.98. The first kappa shape index (κ1) is 8.13. The zero-order valence-electron chi connectivity index (χ0n) is 6.74. The maximum Gasteiger partial charge on any atom is 0.176 e. The number of hydrogen-bond donors (Lipinski definition) is 1. The Morgan fingerprint density at radius 3 is 2.91 bits per heavy atom. The van der Waals surface area contributed by atoms with Gasteiger partial charge in [0.1, 0.15) is 0 Å². The summed E-state index contributed by atoms with van der Waals surface area (Å²) in [5.74, 6) is 0.700. The molecule has 0 spiro atoms. The minimum Gasteiger partial charge on any atom is -0.378 e. The smallest absolute Gasteiger partial charge is 0.176 e. The molecule has 0 aliphatic rings. The average molecular weight is 156 g/mol. The lowest BCUT2D eigenvalue weighted by Crippen LogP contribution is -2.06. The van der Waals surface area contributed by atoms with Crippen LogP contribution in [0.15, 0.2) is 0 Å². The lowest BCUT2D eigenvalue weighted by atomic mass is 10.4. The predicted molar refractivity (Wildman–Crippen MR) is 39.0 cm³/mol. The molecule has 62 valence electrons. The van der Waals surface area contributed by atoms with Crippen LogP contribution in [0, 0.1) is 0 Å². The Morgan fingerprint density at radius 2 is 2.36 bits per heavy atom. The van der Waals surface area contributed by atoms with E-state index in [-0.39, 0.29) is 6.10 Å². The molecule has 11 heavy (non-hydrogen) atoms. The number of rotatable bonds is 4. The molecule has 0 unspecified atom stereocenters. The molecule has 0 amide bonds. The summed E-state index contributed by atoms with van der Waals surface area (Å²) < 4.78 is 5.29. The third-order valence-electron chi connectivity index (χ3n) is 1.17. The molecule has 5 heteroatoms. The van der Waals surface area contributed by atoms with E-state index in [4.69, 9.17) is 4.74 Å². The normalized spacial score (nSPS) is 10.8. The largest absolute Gasteiger partial charge is 0.378 e. The molecule has 0 aliphatic carbocycles. The molecular formula is C6H12N4O. The van der Waals surface area contributed by atoms with E-state index < -0.39 is 0 Å². The molecule has 0 saturated carbocycles. The Labute approximate surface area is 65.1 Å². The highest BCUT2D eigenvalue weighted by Crippen LogP contribution is 1.91. The minimum atomic E-state index is 0.266. The van der Waals surface area contributed by atoms with Crippen molar-refractivity contribution >= 4 is 0 Å². The Hall–Kier alpha value is -0.970. The van der Waals surface area contributed by atoms with Crippen molar-refractivity contribution in [3.8, 4) is 0 Å². The molecule has 1 heterocycles. The maximum absolute atomic E-state index is 5.29. The summed E-state index contributed by atoms with van der Waals surface area (Å²) in [5.41, 5.74) is 0. The van der Waals surface area contributed by atoms with Crippen molar-refractivity contribution in [2.75, 3.05) is 6.61 Å². The molecule has 0 aromatic carbocycles. The first-order valence-electron chi connectivity index (χ1n) is 3.63. The maximum atomic E-state index is 5.29. The van der Waals surface area contributed by atoms with Crippen molar-refractivity contribution in [3.63, 3.8) is 0 Å². The second kappa shape index (κ2) is 4.02. The minimum absolute atomic E-state index is 0.266. The van der Waals surface area contributed by atoms with Gasteiger partial charge in [0, 0.05) is 6.42 Å². The molecule has 1 rings (SSSR count). The molecule has 0 saturated heterocycles. The van der Waals surface area contributed by atoms with Gasteiger partial charge in [0.15, 0.2) is 5.82 Å². The van der Waals surface area contributed by atoms with Gasteiger partial charge >= 0.3 is 0 Å². The van der Waals surface area contributed by atoms with Gasteiger partial charge in [-0.1, -0.05) is 5.21 Å². The molecule has 1 N–H and O–H groups in total. The van der Waals surface area contributed by atoms with Crippen LogP contribution < -0.4 is 0 Å². The fourth-order valence-corrected chi connectivity index (χ4v) is 0.674. The van der Waals surface area contributed by atoms with Crippen LogP contribution in [0.4, 0.5) is 0 Å². The second-order valence-electron chi connectivity index (χ2n) is 2.50. The molecular weight excluding hydrogens is 144 g/mol. The number of aromatic amines is 1. The average Bonchev–Trinajstić information content (AvgIpc) is 2.39. The SMILES string of the molecule is CC(C)OCCc1nn[nH]n1. The monoisotopic (exact) mass is 156 g/mol. The zero-order valence-corrected chi connectivity index (χ0v) is 6.74. The Kier molecular flexibility index (Phi) is 2.97. The van der Waals surface area contributed by atoms with E-state index >= 15 is 0 Å². The van der Waals surface area contributed by atoms with Crippen molar-refractivity contribution in [1.82, 2.24) is 20.6 Å². The highest BCUT2D eigenvalue weighted by molar-refractivity contribution is 4.74. The van der Waals surface area contributed by atoms with E-state index in [9.17, 15) is 0 Å². The van der Waals surface area contributed by atoms with Crippen LogP contribution in [0.3, 0.4) is 0 Å². The molecule has 0 atom stereocenters. The van der Waals surface area contributed by atoms with Gasteiger partial charge in [0.25, 0.3) is 0 Å². The van der Waals surface area contributed by atoms with E-state index in [0.29, 0.717) is 18.9 Å². The molecule has 0 fully saturated rings. The quantitative estimate of drug-likeness (QED) is 0.674. The lowest BCUT2D eigenvalue weighted by molar-refractivity contribution is 0.0804. The predicted octanol–water partition coefficient (Wildman–Crippen LogP) is 0.167. The fraction of sp³-hybridized carbons (Fsp3) is 0.833. The van der Waals surface area contributed by atoms with Gasteiger partial charge < -0.3 is 4.74 Å². The standard InChI is InChI=1S/C6H12N4O/c1-5(2)11-4-3-6-7-9-10-8-6/h5H,3-4H2,1-2H3,(H,7,8,9,10). The van der Waals surface area contributed by atoms with Gasteiger partial charge in [-0.15, -0.1) is 10.2 Å². The van der Waals surface area contributed by atoms with Gasteiger partial charge in [-0.25, -0.2) is 0 Å². The van der Waals surface area contributed by atoms with Gasteiger partial charge in [-0.2, -0.15) is 5.21 Å². The van der Waals surface area contributed by atoms with Crippen LogP contribution >= 0.6 is 0 Å². The van der Waals surface area contributed by atoms with Crippen LogP contribution in [-0.2, 0) is 11.2 Å². The summed E-state index contributed by atoms with van der Waals surface area (Å²) in [6.07, 6.45) is 0.983. The van der Waals surface area contributed by atoms with Crippen LogP contribution in [-0.4, -0.2) is 33.3 Å². The fourth-order valence-electron chi connectivity index (χ4n) is 0.674. The number of nitrogens with one attached hydrogen (secondary N) is 1. The molecule has 0 radical (unpaired) electrons. The molecule has 1 aromatic rings. The van der Waals surface area contributed by atoms with Crippen LogP contribution in [0.25, 0.3) is 0 Å². The zero-order chi connectivity index (χ0) is 8.10. The first-order valence-corrected chi connectivity index (χ1v) is 3.63. The summed E-state index contributed by atoms with van der Waals surface area (Å²) in [7, 11) is 0. The van der Waals surface area contributed by atoms with Crippen LogP contribution in [0.1, 0.15) is 19.7 Å². The Balaban J connectivity index is 2.14. The molecule has 0 bridgehead atoms. The summed E-state index contributed by atoms with van der Waals surface area (Å²) in [6, 6.07) is 0. The molecule has 1 aromatic heterocycles. The van der Waals surface area contributed by atoms with E-state index in [1.54, 1.807) is 0 Å². The van der Waals surface area contributed by atoms with E-state index in [0.717, 1.165) is 0 Å². The highest BCUT2D eigenvalue weighted by atomic mass is 16.5. The van der Waals surface area contributed by atoms with Gasteiger partial charge in [-0.3, -0.25) is 0 Å². The van der Waals surface area contributed by atoms with Crippen molar-refractivity contribution in [1.29, 1.82) is 0 Å². The Morgan fingerprint density at radius 1 is 1.55 bits per heavy atom. The molecule has 5 nitrogen and oxygen atoms in total. The number of aromatic nitrogens is 4. The van der Waals surface area contributed by atoms with Gasteiger partial charge in [-0.05, 0) is 13.8 Å². The number of H-pyrrole nitrogens is 1. The van der Waals surface area contributed by atoms with Crippen LogP contribution in [0.2, 0.25) is 0 Å². The first-order chi connectivity index (χ1) is 5.29. The summed E-state index contributed by atoms with van der Waals surface area (Å²) in [6.45, 7) is 4.64. The number of tetrazole rings is 1. The van der Waals surface area contributed by atoms with Gasteiger partial charge in [0.05, 0.1) is 12.7 Å². The summed E-state index contributed by atoms with van der Waals surface area (Å²) in [4.78, 5) is 0. The van der Waals surface area contributed by atoms with E-state index in [2.05, 4.69) is 20.6 Å². The third kappa shape index (κ3) is 3.08. The van der Waals surface area contributed by atoms with Crippen molar-refractivity contribution in [2.45, 2.75) is 26.4 Å². The molecule has 0 aliphatic heterocycles. The Bertz CT molecular complexity index is 184. The van der Waals surface area contributed by atoms with Crippen molar-refractivity contribution in [2.24, 2.45) is 0 Å². The topological polar surface area (TPSA) is 63.7 Å². The number of nitrogens with zero attached hydrogens (tertiary/aromatic N) is 3. The number of ether oxygens (including phenoxy) is 1. The third-order valence-corrected chi connectivity index (χ3v) is 1.17. The van der Waals surface area contributed by atoms with Crippen LogP contribution in [0.5, 0.6) is 0 Å². The summed E-state index contributed by atoms with van der Waals surface area (Å²) in [5, 5.41) is 13.4. The summed E-state index contributed by atoms with van der Waals surface area (Å²) >= 11 is 0. The number of hydrogen-bond acceptors (Lipinski definition) is 4.